The van der Waals surface area contributed by atoms with Crippen LogP contribution in [0.4, 0.5) is 4.39 Å². The summed E-state index contributed by atoms with van der Waals surface area (Å²) in [5, 5.41) is 7.00. The standard InChI is InChI=1S/C24H40FN5O2/c1-18-15-30(16-19(2)32-18)24(3,4)17-28-23(26-5)27-14-22(29-10-12-31-13-11-29)20-6-8-21(25)9-7-20/h6-9,18-19,22H,10-17H2,1-5H3,(H2,26,27,28). The Bertz CT molecular complexity index is 726. The van der Waals surface area contributed by atoms with Gasteiger partial charge < -0.3 is 20.1 Å². The van der Waals surface area contributed by atoms with E-state index in [2.05, 4.69) is 53.1 Å². The van der Waals surface area contributed by atoms with Crippen LogP contribution in [0.25, 0.3) is 0 Å². The first-order valence-corrected chi connectivity index (χ1v) is 11.7. The lowest BCUT2D eigenvalue weighted by Crippen LogP contribution is -2.59. The van der Waals surface area contributed by atoms with Gasteiger partial charge in [-0.2, -0.15) is 0 Å². The highest BCUT2D eigenvalue weighted by molar-refractivity contribution is 5.79. The Labute approximate surface area is 192 Å². The molecule has 7 nitrogen and oxygen atoms in total. The lowest BCUT2D eigenvalue weighted by atomic mass is 10.00. The van der Waals surface area contributed by atoms with E-state index in [0.717, 1.165) is 57.5 Å². The SMILES string of the molecule is CN=C(NCC(c1ccc(F)cc1)N1CCOCC1)NCC(C)(C)N1CC(C)OC(C)C1. The molecule has 0 saturated carbocycles. The van der Waals surface area contributed by atoms with Gasteiger partial charge in [-0.3, -0.25) is 14.8 Å². The maximum Gasteiger partial charge on any atom is 0.191 e. The van der Waals surface area contributed by atoms with E-state index >= 15 is 0 Å². The lowest BCUT2D eigenvalue weighted by Gasteiger charge is -2.45. The number of nitrogens with zero attached hydrogens (tertiary/aromatic N) is 3. The Morgan fingerprint density at radius 2 is 1.75 bits per heavy atom. The summed E-state index contributed by atoms with van der Waals surface area (Å²) in [6.45, 7) is 15.2. The first-order chi connectivity index (χ1) is 15.3. The fraction of sp³-hybridized carbons (Fsp3) is 0.708. The molecule has 2 saturated heterocycles. The van der Waals surface area contributed by atoms with Crippen molar-refractivity contribution in [2.24, 2.45) is 4.99 Å². The van der Waals surface area contributed by atoms with Crippen LogP contribution in [0, 0.1) is 5.82 Å². The molecule has 8 heteroatoms. The third-order valence-corrected chi connectivity index (χ3v) is 6.39. The lowest BCUT2D eigenvalue weighted by molar-refractivity contribution is -0.0946. The highest BCUT2D eigenvalue weighted by Crippen LogP contribution is 2.22. The fourth-order valence-corrected chi connectivity index (χ4v) is 4.53. The summed E-state index contributed by atoms with van der Waals surface area (Å²) in [7, 11) is 1.79. The molecule has 3 rings (SSSR count). The Balaban J connectivity index is 1.59. The second-order valence-electron chi connectivity index (χ2n) is 9.50. The van der Waals surface area contributed by atoms with Gasteiger partial charge in [-0.15, -0.1) is 0 Å². The molecular weight excluding hydrogens is 409 g/mol. The van der Waals surface area contributed by atoms with Crippen LogP contribution in [0.1, 0.15) is 39.3 Å². The normalized spacial score (nSPS) is 24.9. The fourth-order valence-electron chi connectivity index (χ4n) is 4.53. The molecule has 1 aromatic carbocycles. The molecule has 0 aromatic heterocycles. The van der Waals surface area contributed by atoms with E-state index in [9.17, 15) is 4.39 Å². The van der Waals surface area contributed by atoms with Gasteiger partial charge in [0.05, 0.1) is 31.5 Å². The molecule has 180 valence electrons. The molecule has 0 amide bonds. The second-order valence-corrected chi connectivity index (χ2v) is 9.50. The number of morpholine rings is 2. The first kappa shape index (κ1) is 24.9. The number of halogens is 1. The molecule has 2 fully saturated rings. The van der Waals surface area contributed by atoms with Crippen LogP contribution in [0.5, 0.6) is 0 Å². The van der Waals surface area contributed by atoms with E-state index < -0.39 is 0 Å². The quantitative estimate of drug-likeness (QED) is 0.492. The molecule has 2 heterocycles. The van der Waals surface area contributed by atoms with Crippen LogP contribution in [-0.2, 0) is 9.47 Å². The highest BCUT2D eigenvalue weighted by atomic mass is 19.1. The first-order valence-electron chi connectivity index (χ1n) is 11.7. The van der Waals surface area contributed by atoms with E-state index in [1.165, 1.54) is 12.1 Å². The molecule has 0 spiro atoms. The Hall–Kier alpha value is -1.74. The van der Waals surface area contributed by atoms with Crippen molar-refractivity contribution < 1.29 is 13.9 Å². The van der Waals surface area contributed by atoms with E-state index in [4.69, 9.17) is 9.47 Å². The maximum absolute atomic E-state index is 13.5. The number of hydrogen-bond donors (Lipinski definition) is 2. The molecule has 1 aromatic rings. The minimum atomic E-state index is -0.214. The van der Waals surface area contributed by atoms with Gasteiger partial charge in [0.15, 0.2) is 5.96 Å². The monoisotopic (exact) mass is 449 g/mol. The van der Waals surface area contributed by atoms with Crippen LogP contribution in [0.2, 0.25) is 0 Å². The molecule has 3 atom stereocenters. The number of ether oxygens (including phenoxy) is 2. The Morgan fingerprint density at radius 1 is 1.12 bits per heavy atom. The van der Waals surface area contributed by atoms with Gasteiger partial charge in [-0.1, -0.05) is 12.1 Å². The predicted octanol–water partition coefficient (Wildman–Crippen LogP) is 2.25. The number of aliphatic imine (C=N–C) groups is 1. The summed E-state index contributed by atoms with van der Waals surface area (Å²) < 4.78 is 24.9. The van der Waals surface area contributed by atoms with Crippen molar-refractivity contribution in [3.8, 4) is 0 Å². The zero-order chi connectivity index (χ0) is 23.1. The minimum absolute atomic E-state index is 0.0372. The number of hydrogen-bond acceptors (Lipinski definition) is 5. The number of benzene rings is 1. The highest BCUT2D eigenvalue weighted by Gasteiger charge is 2.33. The second kappa shape index (κ2) is 11.4. The van der Waals surface area contributed by atoms with Crippen LogP contribution in [0.15, 0.2) is 29.3 Å². The molecule has 3 unspecified atom stereocenters. The molecule has 0 aliphatic carbocycles. The number of guanidine groups is 1. The molecule has 0 bridgehead atoms. The topological polar surface area (TPSA) is 61.4 Å². The Morgan fingerprint density at radius 3 is 2.34 bits per heavy atom. The van der Waals surface area contributed by atoms with Crippen LogP contribution < -0.4 is 10.6 Å². The van der Waals surface area contributed by atoms with E-state index in [1.807, 2.05) is 12.1 Å². The molecule has 2 aliphatic rings. The van der Waals surface area contributed by atoms with Crippen molar-refractivity contribution in [3.05, 3.63) is 35.6 Å². The van der Waals surface area contributed by atoms with Crippen molar-refractivity contribution >= 4 is 5.96 Å². The zero-order valence-electron chi connectivity index (χ0n) is 20.2. The zero-order valence-corrected chi connectivity index (χ0v) is 20.2. The van der Waals surface area contributed by atoms with Gasteiger partial charge in [-0.05, 0) is 45.4 Å². The average molecular weight is 450 g/mol. The third-order valence-electron chi connectivity index (χ3n) is 6.39. The van der Waals surface area contributed by atoms with Crippen molar-refractivity contribution in [1.29, 1.82) is 0 Å². The maximum atomic E-state index is 13.5. The summed E-state index contributed by atoms with van der Waals surface area (Å²) in [6, 6.07) is 6.92. The minimum Gasteiger partial charge on any atom is -0.379 e. The molecule has 0 radical (unpaired) electrons. The summed E-state index contributed by atoms with van der Waals surface area (Å²) in [5.74, 6) is 0.557. The molecule has 2 aliphatic heterocycles. The Kier molecular flexibility index (Phi) is 8.87. The third kappa shape index (κ3) is 6.88. The summed E-state index contributed by atoms with van der Waals surface area (Å²) in [6.07, 6.45) is 0.473. The van der Waals surface area contributed by atoms with E-state index in [-0.39, 0.29) is 29.6 Å². The van der Waals surface area contributed by atoms with Crippen molar-refractivity contribution in [1.82, 2.24) is 20.4 Å². The van der Waals surface area contributed by atoms with Gasteiger partial charge in [0.25, 0.3) is 0 Å². The number of rotatable bonds is 7. The number of nitrogens with one attached hydrogen (secondary N) is 2. The van der Waals surface area contributed by atoms with E-state index in [1.54, 1.807) is 7.05 Å². The van der Waals surface area contributed by atoms with Gasteiger partial charge in [0, 0.05) is 51.9 Å². The van der Waals surface area contributed by atoms with Crippen molar-refractivity contribution in [2.75, 3.05) is 59.5 Å². The van der Waals surface area contributed by atoms with Crippen LogP contribution in [-0.4, -0.2) is 93.0 Å². The van der Waals surface area contributed by atoms with Gasteiger partial charge >= 0.3 is 0 Å². The van der Waals surface area contributed by atoms with E-state index in [0.29, 0.717) is 6.54 Å². The van der Waals surface area contributed by atoms with Crippen LogP contribution >= 0.6 is 0 Å². The largest absolute Gasteiger partial charge is 0.379 e. The predicted molar refractivity (Wildman–Crippen MR) is 127 cm³/mol. The molecular formula is C24H40FN5O2. The summed E-state index contributed by atoms with van der Waals surface area (Å²) in [5.41, 5.74) is 1.05. The molecule has 2 N–H and O–H groups in total. The van der Waals surface area contributed by atoms with Gasteiger partial charge in [0.2, 0.25) is 0 Å². The van der Waals surface area contributed by atoms with Crippen LogP contribution in [0.3, 0.4) is 0 Å². The smallest absolute Gasteiger partial charge is 0.191 e. The van der Waals surface area contributed by atoms with Crippen molar-refractivity contribution in [2.45, 2.75) is 51.5 Å². The molecule has 32 heavy (non-hydrogen) atoms. The summed E-state index contributed by atoms with van der Waals surface area (Å²) in [4.78, 5) is 9.31. The average Bonchev–Trinajstić information content (AvgIpc) is 2.77. The summed E-state index contributed by atoms with van der Waals surface area (Å²) >= 11 is 0. The van der Waals surface area contributed by atoms with Gasteiger partial charge in [-0.25, -0.2) is 4.39 Å². The van der Waals surface area contributed by atoms with Crippen molar-refractivity contribution in [3.63, 3.8) is 0 Å². The van der Waals surface area contributed by atoms with Gasteiger partial charge in [0.1, 0.15) is 5.82 Å².